The molecule has 0 saturated carbocycles. The summed E-state index contributed by atoms with van der Waals surface area (Å²) in [5, 5.41) is 7.31. The highest BCUT2D eigenvalue weighted by molar-refractivity contribution is 5.80. The lowest BCUT2D eigenvalue weighted by molar-refractivity contribution is 0.0683. The van der Waals surface area contributed by atoms with Crippen LogP contribution in [-0.4, -0.2) is 60.8 Å². The van der Waals surface area contributed by atoms with Crippen LogP contribution in [0.2, 0.25) is 0 Å². The molecular weight excluding hydrogens is 356 g/mol. The smallest absolute Gasteiger partial charge is 0.246 e. The van der Waals surface area contributed by atoms with Crippen LogP contribution in [0.4, 0.5) is 5.69 Å². The van der Waals surface area contributed by atoms with Gasteiger partial charge in [0.2, 0.25) is 5.89 Å². The van der Waals surface area contributed by atoms with E-state index in [0.717, 1.165) is 32.1 Å². The molecule has 1 aliphatic rings. The summed E-state index contributed by atoms with van der Waals surface area (Å²) in [7, 11) is 1.80. The average Bonchev–Trinajstić information content (AvgIpc) is 3.18. The predicted octanol–water partition coefficient (Wildman–Crippen LogP) is 2.37. The molecule has 0 aliphatic carbocycles. The van der Waals surface area contributed by atoms with E-state index in [1.165, 1.54) is 11.3 Å². The van der Waals surface area contributed by atoms with Crippen LogP contribution in [0.3, 0.4) is 0 Å². The van der Waals surface area contributed by atoms with Gasteiger partial charge in [-0.15, -0.1) is 0 Å². The monoisotopic (exact) mass is 386 g/mol. The third-order valence-corrected chi connectivity index (χ3v) is 4.82. The molecule has 152 valence electrons. The lowest BCUT2D eigenvalue weighted by atomic mass is 10.2. The van der Waals surface area contributed by atoms with E-state index in [2.05, 4.69) is 61.4 Å². The summed E-state index contributed by atoms with van der Waals surface area (Å²) in [5.41, 5.74) is 2.57. The first kappa shape index (κ1) is 20.1. The van der Waals surface area contributed by atoms with Gasteiger partial charge >= 0.3 is 0 Å². The zero-order valence-electron chi connectivity index (χ0n) is 17.2. The number of aliphatic imine (C=N–C) groups is 1. The normalized spacial score (nSPS) is 16.4. The standard InChI is InChI=1S/C20H30N6O2/c1-5-27-16(3)19-23-18(28-24-19)14-22-20(21-4)26-11-9-25(10-12-26)17-8-6-7-15(2)13-17/h6-8,13,16H,5,9-12,14H2,1-4H3,(H,21,22). The number of benzene rings is 1. The van der Waals surface area contributed by atoms with Crippen molar-refractivity contribution in [3.8, 4) is 0 Å². The lowest BCUT2D eigenvalue weighted by Crippen LogP contribution is -2.52. The van der Waals surface area contributed by atoms with Crippen molar-refractivity contribution < 1.29 is 9.26 Å². The summed E-state index contributed by atoms with van der Waals surface area (Å²) >= 11 is 0. The van der Waals surface area contributed by atoms with Gasteiger partial charge in [-0.3, -0.25) is 4.99 Å². The van der Waals surface area contributed by atoms with E-state index in [1.807, 2.05) is 13.8 Å². The van der Waals surface area contributed by atoms with Crippen molar-refractivity contribution in [1.29, 1.82) is 0 Å². The second kappa shape index (κ2) is 9.54. The maximum absolute atomic E-state index is 5.50. The fourth-order valence-corrected chi connectivity index (χ4v) is 3.32. The Bertz CT molecular complexity index is 783. The van der Waals surface area contributed by atoms with E-state index in [9.17, 15) is 0 Å². The largest absolute Gasteiger partial charge is 0.371 e. The minimum absolute atomic E-state index is 0.170. The summed E-state index contributed by atoms with van der Waals surface area (Å²) in [6, 6.07) is 8.65. The minimum atomic E-state index is -0.170. The van der Waals surface area contributed by atoms with Gasteiger partial charge in [-0.05, 0) is 38.5 Å². The highest BCUT2D eigenvalue weighted by Gasteiger charge is 2.21. The molecule has 8 nitrogen and oxygen atoms in total. The number of aryl methyl sites for hydroxylation is 1. The second-order valence-electron chi connectivity index (χ2n) is 6.86. The summed E-state index contributed by atoms with van der Waals surface area (Å²) in [4.78, 5) is 13.5. The van der Waals surface area contributed by atoms with Gasteiger partial charge < -0.3 is 24.4 Å². The molecular formula is C20H30N6O2. The van der Waals surface area contributed by atoms with Gasteiger partial charge in [0.15, 0.2) is 11.8 Å². The summed E-state index contributed by atoms with van der Waals surface area (Å²) < 4.78 is 10.8. The van der Waals surface area contributed by atoms with E-state index < -0.39 is 0 Å². The van der Waals surface area contributed by atoms with Gasteiger partial charge in [-0.1, -0.05) is 17.3 Å². The van der Waals surface area contributed by atoms with Crippen molar-refractivity contribution >= 4 is 11.6 Å². The van der Waals surface area contributed by atoms with Crippen LogP contribution in [0.15, 0.2) is 33.8 Å². The van der Waals surface area contributed by atoms with Crippen molar-refractivity contribution in [1.82, 2.24) is 20.4 Å². The number of nitrogens with zero attached hydrogens (tertiary/aromatic N) is 5. The van der Waals surface area contributed by atoms with Crippen molar-refractivity contribution in [2.24, 2.45) is 4.99 Å². The third kappa shape index (κ3) is 5.01. The van der Waals surface area contributed by atoms with Crippen LogP contribution in [0.5, 0.6) is 0 Å². The first-order chi connectivity index (χ1) is 13.6. The number of ether oxygens (including phenoxy) is 1. The Morgan fingerprint density at radius 2 is 2.11 bits per heavy atom. The van der Waals surface area contributed by atoms with Gasteiger partial charge in [0.1, 0.15) is 6.10 Å². The summed E-state index contributed by atoms with van der Waals surface area (Å²) in [6.07, 6.45) is -0.170. The molecule has 1 N–H and O–H groups in total. The number of nitrogens with one attached hydrogen (secondary N) is 1. The minimum Gasteiger partial charge on any atom is -0.371 e. The van der Waals surface area contributed by atoms with E-state index in [0.29, 0.717) is 24.9 Å². The number of hydrogen-bond acceptors (Lipinski definition) is 6. The van der Waals surface area contributed by atoms with Gasteiger partial charge in [0, 0.05) is 45.5 Å². The van der Waals surface area contributed by atoms with Gasteiger partial charge in [-0.2, -0.15) is 4.98 Å². The molecule has 28 heavy (non-hydrogen) atoms. The SMILES string of the molecule is CCOC(C)c1noc(CNC(=NC)N2CCN(c3cccc(C)c3)CC2)n1. The fraction of sp³-hybridized carbons (Fsp3) is 0.550. The Hall–Kier alpha value is -2.61. The molecule has 2 aromatic rings. The van der Waals surface area contributed by atoms with E-state index >= 15 is 0 Å². The quantitative estimate of drug-likeness (QED) is 0.603. The Kier molecular flexibility index (Phi) is 6.86. The molecule has 1 atom stereocenters. The molecule has 2 heterocycles. The van der Waals surface area contributed by atoms with Crippen LogP contribution < -0.4 is 10.2 Å². The fourth-order valence-electron chi connectivity index (χ4n) is 3.32. The maximum Gasteiger partial charge on any atom is 0.246 e. The number of guanidine groups is 1. The Morgan fingerprint density at radius 3 is 2.79 bits per heavy atom. The Labute approximate surface area is 166 Å². The highest BCUT2D eigenvalue weighted by atomic mass is 16.5. The van der Waals surface area contributed by atoms with E-state index in [-0.39, 0.29) is 6.10 Å². The van der Waals surface area contributed by atoms with Crippen molar-refractivity contribution in [2.75, 3.05) is 44.7 Å². The zero-order chi connectivity index (χ0) is 19.9. The summed E-state index contributed by atoms with van der Waals surface area (Å²) in [5.74, 6) is 1.95. The van der Waals surface area contributed by atoms with Crippen molar-refractivity contribution in [3.63, 3.8) is 0 Å². The van der Waals surface area contributed by atoms with Crippen LogP contribution in [-0.2, 0) is 11.3 Å². The number of piperazine rings is 1. The van der Waals surface area contributed by atoms with Crippen LogP contribution >= 0.6 is 0 Å². The number of aromatic nitrogens is 2. The molecule has 1 aromatic carbocycles. The first-order valence-electron chi connectivity index (χ1n) is 9.82. The average molecular weight is 387 g/mol. The molecule has 1 aliphatic heterocycles. The zero-order valence-corrected chi connectivity index (χ0v) is 17.2. The predicted molar refractivity (Wildman–Crippen MR) is 110 cm³/mol. The van der Waals surface area contributed by atoms with Crippen LogP contribution in [0.1, 0.15) is 37.2 Å². The van der Waals surface area contributed by atoms with Crippen LogP contribution in [0.25, 0.3) is 0 Å². The molecule has 0 spiro atoms. The molecule has 8 heteroatoms. The van der Waals surface area contributed by atoms with Crippen molar-refractivity contribution in [2.45, 2.75) is 33.4 Å². The molecule has 1 unspecified atom stereocenters. The molecule has 1 aromatic heterocycles. The molecule has 0 radical (unpaired) electrons. The molecule has 1 fully saturated rings. The second-order valence-corrected chi connectivity index (χ2v) is 6.86. The maximum atomic E-state index is 5.50. The molecule has 0 bridgehead atoms. The number of anilines is 1. The van der Waals surface area contributed by atoms with Crippen LogP contribution in [0, 0.1) is 6.92 Å². The molecule has 3 rings (SSSR count). The summed E-state index contributed by atoms with van der Waals surface area (Å²) in [6.45, 7) is 10.8. The first-order valence-corrected chi connectivity index (χ1v) is 9.82. The number of hydrogen-bond donors (Lipinski definition) is 1. The third-order valence-electron chi connectivity index (χ3n) is 4.82. The molecule has 1 saturated heterocycles. The highest BCUT2D eigenvalue weighted by Crippen LogP contribution is 2.18. The molecule has 0 amide bonds. The van der Waals surface area contributed by atoms with Gasteiger partial charge in [0.25, 0.3) is 0 Å². The Balaban J connectivity index is 1.51. The van der Waals surface area contributed by atoms with Gasteiger partial charge in [-0.25, -0.2) is 0 Å². The number of rotatable bonds is 6. The topological polar surface area (TPSA) is 79.0 Å². The Morgan fingerprint density at radius 1 is 1.32 bits per heavy atom. The van der Waals surface area contributed by atoms with E-state index in [1.54, 1.807) is 7.05 Å². The van der Waals surface area contributed by atoms with Gasteiger partial charge in [0.05, 0.1) is 6.54 Å². The van der Waals surface area contributed by atoms with Crippen molar-refractivity contribution in [3.05, 3.63) is 41.5 Å². The lowest BCUT2D eigenvalue weighted by Gasteiger charge is -2.37. The van der Waals surface area contributed by atoms with E-state index in [4.69, 9.17) is 9.26 Å².